The molecule has 4 nitrogen and oxygen atoms in total. The van der Waals surface area contributed by atoms with E-state index in [1.807, 2.05) is 0 Å². The molecule has 1 heterocycles. The van der Waals surface area contributed by atoms with Crippen LogP contribution in [0.15, 0.2) is 39.5 Å². The first-order valence-electron chi connectivity index (χ1n) is 4.57. The van der Waals surface area contributed by atoms with Crippen LogP contribution in [0.25, 0.3) is 0 Å². The molecule has 0 unspecified atom stereocenters. The molecular formula is C11H8BrNO3. The molecule has 0 spiro atoms. The molecule has 0 radical (unpaired) electrons. The number of carbonyl (C=O) groups is 1. The normalized spacial score (nSPS) is 10.1. The molecule has 82 valence electrons. The fourth-order valence-electron chi connectivity index (χ4n) is 1.21. The summed E-state index contributed by atoms with van der Waals surface area (Å²) in [4.78, 5) is 10.7. The van der Waals surface area contributed by atoms with Crippen LogP contribution in [0.5, 0.6) is 5.75 Å². The number of hydrogen-bond donors (Lipinski definition) is 0. The molecule has 1 aromatic heterocycles. The van der Waals surface area contributed by atoms with Gasteiger partial charge in [-0.05, 0) is 28.1 Å². The van der Waals surface area contributed by atoms with Crippen LogP contribution in [0, 0.1) is 0 Å². The maximum Gasteiger partial charge on any atom is 0.175 e. The summed E-state index contributed by atoms with van der Waals surface area (Å²) in [7, 11) is 0. The van der Waals surface area contributed by atoms with Gasteiger partial charge in [0.1, 0.15) is 17.0 Å². The van der Waals surface area contributed by atoms with E-state index in [0.717, 1.165) is 6.29 Å². The number of ether oxygens (including phenoxy) is 1. The molecule has 0 saturated carbocycles. The summed E-state index contributed by atoms with van der Waals surface area (Å²) in [6.07, 6.45) is 0.756. The van der Waals surface area contributed by atoms with Crippen LogP contribution in [-0.2, 0) is 6.61 Å². The van der Waals surface area contributed by atoms with Crippen molar-refractivity contribution in [3.63, 3.8) is 0 Å². The summed E-state index contributed by atoms with van der Waals surface area (Å²) in [5.74, 6) is 1.12. The molecule has 0 fully saturated rings. The van der Waals surface area contributed by atoms with Crippen molar-refractivity contribution in [2.45, 2.75) is 6.61 Å². The average molecular weight is 282 g/mol. The molecular weight excluding hydrogens is 274 g/mol. The van der Waals surface area contributed by atoms with E-state index in [1.165, 1.54) is 0 Å². The molecule has 0 aliphatic rings. The van der Waals surface area contributed by atoms with Gasteiger partial charge in [-0.15, -0.1) is 0 Å². The quantitative estimate of drug-likeness (QED) is 0.809. The molecule has 0 amide bonds. The van der Waals surface area contributed by atoms with Gasteiger partial charge in [0.05, 0.1) is 5.56 Å². The summed E-state index contributed by atoms with van der Waals surface area (Å²) in [6, 6.07) is 8.72. The number of benzene rings is 1. The molecule has 0 aliphatic carbocycles. The highest BCUT2D eigenvalue weighted by Gasteiger charge is 2.05. The van der Waals surface area contributed by atoms with Crippen LogP contribution in [-0.4, -0.2) is 11.4 Å². The fourth-order valence-corrected chi connectivity index (χ4v) is 1.54. The zero-order valence-corrected chi connectivity index (χ0v) is 9.81. The number of halogens is 1. The summed E-state index contributed by atoms with van der Waals surface area (Å²) < 4.78 is 11.0. The van der Waals surface area contributed by atoms with Crippen molar-refractivity contribution in [3.05, 3.63) is 46.3 Å². The van der Waals surface area contributed by atoms with Crippen molar-refractivity contribution in [3.8, 4) is 5.75 Å². The van der Waals surface area contributed by atoms with Gasteiger partial charge in [0, 0.05) is 6.07 Å². The second-order valence-electron chi connectivity index (χ2n) is 3.06. The number of aldehydes is 1. The molecule has 0 bridgehead atoms. The highest BCUT2D eigenvalue weighted by Crippen LogP contribution is 2.18. The Morgan fingerprint density at radius 2 is 2.25 bits per heavy atom. The van der Waals surface area contributed by atoms with Gasteiger partial charge in [-0.25, -0.2) is 0 Å². The van der Waals surface area contributed by atoms with Gasteiger partial charge >= 0.3 is 0 Å². The molecule has 0 saturated heterocycles. The standard InChI is InChI=1S/C11H8BrNO3/c12-11-5-9(16-13-11)7-15-10-4-2-1-3-8(10)6-14/h1-6H,7H2. The predicted molar refractivity (Wildman–Crippen MR) is 60.4 cm³/mol. The van der Waals surface area contributed by atoms with Crippen LogP contribution in [0.1, 0.15) is 16.1 Å². The second-order valence-corrected chi connectivity index (χ2v) is 3.87. The van der Waals surface area contributed by atoms with Crippen molar-refractivity contribution < 1.29 is 14.1 Å². The van der Waals surface area contributed by atoms with Gasteiger partial charge in [0.2, 0.25) is 0 Å². The average Bonchev–Trinajstić information content (AvgIpc) is 2.73. The Hall–Kier alpha value is -1.62. The SMILES string of the molecule is O=Cc1ccccc1OCc1cc(Br)no1. The number of aromatic nitrogens is 1. The summed E-state index contributed by atoms with van der Waals surface area (Å²) in [6.45, 7) is 0.240. The number of carbonyl (C=O) groups excluding carboxylic acids is 1. The van der Waals surface area contributed by atoms with Crippen LogP contribution in [0.3, 0.4) is 0 Å². The van der Waals surface area contributed by atoms with E-state index in [9.17, 15) is 4.79 Å². The van der Waals surface area contributed by atoms with Crippen molar-refractivity contribution in [1.29, 1.82) is 0 Å². The lowest BCUT2D eigenvalue weighted by molar-refractivity contribution is 0.111. The highest BCUT2D eigenvalue weighted by molar-refractivity contribution is 9.10. The smallest absolute Gasteiger partial charge is 0.175 e. The van der Waals surface area contributed by atoms with Crippen molar-refractivity contribution in [2.75, 3.05) is 0 Å². The van der Waals surface area contributed by atoms with E-state index in [4.69, 9.17) is 9.26 Å². The first-order valence-corrected chi connectivity index (χ1v) is 5.37. The van der Waals surface area contributed by atoms with Crippen molar-refractivity contribution >= 4 is 22.2 Å². The van der Waals surface area contributed by atoms with E-state index in [0.29, 0.717) is 21.7 Å². The first kappa shape index (κ1) is 10.9. The maximum absolute atomic E-state index is 10.7. The molecule has 5 heteroatoms. The van der Waals surface area contributed by atoms with Gasteiger partial charge in [-0.1, -0.05) is 17.3 Å². The Balaban J connectivity index is 2.07. The minimum atomic E-state index is 0.240. The summed E-state index contributed by atoms with van der Waals surface area (Å²) in [5.41, 5.74) is 0.515. The number of nitrogens with zero attached hydrogens (tertiary/aromatic N) is 1. The largest absolute Gasteiger partial charge is 0.485 e. The third-order valence-electron chi connectivity index (χ3n) is 1.95. The van der Waals surface area contributed by atoms with Crippen LogP contribution < -0.4 is 4.74 Å². The molecule has 2 rings (SSSR count). The van der Waals surface area contributed by atoms with E-state index in [-0.39, 0.29) is 6.61 Å². The number of rotatable bonds is 4. The van der Waals surface area contributed by atoms with Gasteiger partial charge in [-0.3, -0.25) is 4.79 Å². The fraction of sp³-hybridized carbons (Fsp3) is 0.0909. The lowest BCUT2D eigenvalue weighted by Gasteiger charge is -2.05. The minimum absolute atomic E-state index is 0.240. The Bertz CT molecular complexity index is 495. The monoisotopic (exact) mass is 281 g/mol. The Kier molecular flexibility index (Phi) is 3.36. The first-order chi connectivity index (χ1) is 7.79. The third-order valence-corrected chi connectivity index (χ3v) is 2.32. The molecule has 0 N–H and O–H groups in total. The third kappa shape index (κ3) is 2.49. The van der Waals surface area contributed by atoms with Crippen LogP contribution in [0.4, 0.5) is 0 Å². The van der Waals surface area contributed by atoms with Gasteiger partial charge in [0.15, 0.2) is 12.0 Å². The van der Waals surface area contributed by atoms with E-state index in [1.54, 1.807) is 30.3 Å². The lowest BCUT2D eigenvalue weighted by atomic mass is 10.2. The van der Waals surface area contributed by atoms with Gasteiger partial charge < -0.3 is 9.26 Å². The second kappa shape index (κ2) is 4.94. The molecule has 16 heavy (non-hydrogen) atoms. The van der Waals surface area contributed by atoms with Crippen molar-refractivity contribution in [1.82, 2.24) is 5.16 Å². The van der Waals surface area contributed by atoms with E-state index < -0.39 is 0 Å². The highest BCUT2D eigenvalue weighted by atomic mass is 79.9. The summed E-state index contributed by atoms with van der Waals surface area (Å²) in [5, 5.41) is 3.66. The number of para-hydroxylation sites is 1. The van der Waals surface area contributed by atoms with Gasteiger partial charge in [-0.2, -0.15) is 0 Å². The lowest BCUT2D eigenvalue weighted by Crippen LogP contribution is -1.96. The van der Waals surface area contributed by atoms with Crippen LogP contribution >= 0.6 is 15.9 Å². The van der Waals surface area contributed by atoms with Crippen LogP contribution in [0.2, 0.25) is 0 Å². The Morgan fingerprint density at radius 3 is 2.94 bits per heavy atom. The summed E-state index contributed by atoms with van der Waals surface area (Å²) >= 11 is 3.17. The van der Waals surface area contributed by atoms with Crippen molar-refractivity contribution in [2.24, 2.45) is 0 Å². The Labute approximate surface area is 100 Å². The van der Waals surface area contributed by atoms with E-state index in [2.05, 4.69) is 21.1 Å². The topological polar surface area (TPSA) is 52.3 Å². The zero-order valence-electron chi connectivity index (χ0n) is 8.22. The minimum Gasteiger partial charge on any atom is -0.485 e. The molecule has 0 aliphatic heterocycles. The molecule has 1 aromatic carbocycles. The van der Waals surface area contributed by atoms with E-state index >= 15 is 0 Å². The zero-order chi connectivity index (χ0) is 11.4. The predicted octanol–water partition coefficient (Wildman–Crippen LogP) is 2.83. The van der Waals surface area contributed by atoms with Gasteiger partial charge in [0.25, 0.3) is 0 Å². The maximum atomic E-state index is 10.7. The number of hydrogen-bond acceptors (Lipinski definition) is 4. The molecule has 0 atom stereocenters. The Morgan fingerprint density at radius 1 is 1.44 bits per heavy atom. The molecule has 2 aromatic rings.